The molecule has 5 nitrogen and oxygen atoms in total. The first-order chi connectivity index (χ1) is 10.9. The second kappa shape index (κ2) is 7.71. The molecule has 3 N–H and O–H groups in total. The number of anilines is 1. The minimum Gasteiger partial charge on any atom is -0.478 e. The maximum absolute atomic E-state index is 12.1. The van der Waals surface area contributed by atoms with Gasteiger partial charge in [0.1, 0.15) is 0 Å². The fourth-order valence-corrected chi connectivity index (χ4v) is 2.69. The smallest absolute Gasteiger partial charge is 0.337 e. The summed E-state index contributed by atoms with van der Waals surface area (Å²) in [6.07, 6.45) is 0. The Hall–Kier alpha value is -1.71. The number of hydrogen-bond acceptors (Lipinski definition) is 3. The third kappa shape index (κ3) is 4.88. The molecule has 0 radical (unpaired) electrons. The SMILES string of the molecule is O=C(NC(=S)Nc1ccc(Cl)c(C(=O)O)c1)c1cccc(I)c1. The van der Waals surface area contributed by atoms with Crippen molar-refractivity contribution in [3.63, 3.8) is 0 Å². The summed E-state index contributed by atoms with van der Waals surface area (Å²) in [5.74, 6) is -1.50. The van der Waals surface area contributed by atoms with Crippen molar-refractivity contribution in [3.05, 3.63) is 62.2 Å². The van der Waals surface area contributed by atoms with E-state index in [4.69, 9.17) is 28.9 Å². The van der Waals surface area contributed by atoms with Gasteiger partial charge in [0.2, 0.25) is 0 Å². The molecule has 0 unspecified atom stereocenters. The average Bonchev–Trinajstić information content (AvgIpc) is 2.48. The Morgan fingerprint density at radius 2 is 1.91 bits per heavy atom. The standard InChI is InChI=1S/C15H10ClIN2O3S/c16-12-5-4-10(7-11(12)14(21)22)18-15(23)19-13(20)8-2-1-3-9(17)6-8/h1-7H,(H,21,22)(H2,18,19,20,23). The van der Waals surface area contributed by atoms with Crippen molar-refractivity contribution in [2.75, 3.05) is 5.32 Å². The summed E-state index contributed by atoms with van der Waals surface area (Å²) in [6.45, 7) is 0. The second-order valence-electron chi connectivity index (χ2n) is 4.42. The van der Waals surface area contributed by atoms with Crippen molar-refractivity contribution in [2.45, 2.75) is 0 Å². The zero-order valence-corrected chi connectivity index (χ0v) is 15.2. The molecule has 0 atom stereocenters. The molecule has 0 aliphatic heterocycles. The molecule has 0 fully saturated rings. The van der Waals surface area contributed by atoms with Crippen molar-refractivity contribution in [1.29, 1.82) is 0 Å². The van der Waals surface area contributed by atoms with Crippen LogP contribution in [0.4, 0.5) is 5.69 Å². The lowest BCUT2D eigenvalue weighted by molar-refractivity contribution is 0.0697. The van der Waals surface area contributed by atoms with Crippen molar-refractivity contribution >= 4 is 69.1 Å². The summed E-state index contributed by atoms with van der Waals surface area (Å²) in [5.41, 5.74) is 0.839. The van der Waals surface area contributed by atoms with Crippen LogP contribution in [0.25, 0.3) is 0 Å². The number of carbonyl (C=O) groups excluding carboxylic acids is 1. The third-order valence-electron chi connectivity index (χ3n) is 2.77. The maximum atomic E-state index is 12.1. The summed E-state index contributed by atoms with van der Waals surface area (Å²) < 4.78 is 0.929. The van der Waals surface area contributed by atoms with Crippen LogP contribution in [0, 0.1) is 3.57 Å². The predicted octanol–water partition coefficient (Wildman–Crippen LogP) is 3.77. The molecule has 0 bridgehead atoms. The Kier molecular flexibility index (Phi) is 5.91. The lowest BCUT2D eigenvalue weighted by Gasteiger charge is -2.11. The molecule has 0 aliphatic rings. The van der Waals surface area contributed by atoms with Gasteiger partial charge in [0, 0.05) is 14.8 Å². The Labute approximate surface area is 156 Å². The van der Waals surface area contributed by atoms with Crippen LogP contribution in [0.5, 0.6) is 0 Å². The molecule has 2 rings (SSSR count). The number of hydrogen-bond donors (Lipinski definition) is 3. The fourth-order valence-electron chi connectivity index (χ4n) is 1.73. The van der Waals surface area contributed by atoms with Crippen LogP contribution in [0.1, 0.15) is 20.7 Å². The lowest BCUT2D eigenvalue weighted by Crippen LogP contribution is -2.34. The van der Waals surface area contributed by atoms with Crippen molar-refractivity contribution in [2.24, 2.45) is 0 Å². The molecule has 0 spiro atoms. The number of rotatable bonds is 3. The van der Waals surface area contributed by atoms with E-state index in [1.54, 1.807) is 24.3 Å². The molecule has 0 aromatic heterocycles. The number of thiocarbonyl (C=S) groups is 1. The van der Waals surface area contributed by atoms with Crippen LogP contribution in [-0.2, 0) is 0 Å². The van der Waals surface area contributed by atoms with Gasteiger partial charge in [-0.3, -0.25) is 10.1 Å². The number of carboxylic acids is 1. The normalized spacial score (nSPS) is 10.0. The van der Waals surface area contributed by atoms with Gasteiger partial charge in [-0.15, -0.1) is 0 Å². The van der Waals surface area contributed by atoms with E-state index in [-0.39, 0.29) is 21.6 Å². The average molecular weight is 461 g/mol. The number of halogens is 2. The van der Waals surface area contributed by atoms with Crippen LogP contribution in [0.15, 0.2) is 42.5 Å². The molecule has 8 heteroatoms. The minimum atomic E-state index is -1.15. The van der Waals surface area contributed by atoms with Crippen LogP contribution in [-0.4, -0.2) is 22.1 Å². The van der Waals surface area contributed by atoms with E-state index in [9.17, 15) is 9.59 Å². The van der Waals surface area contributed by atoms with E-state index in [0.717, 1.165) is 3.57 Å². The van der Waals surface area contributed by atoms with Gasteiger partial charge in [0.25, 0.3) is 5.91 Å². The van der Waals surface area contributed by atoms with Crippen LogP contribution in [0.2, 0.25) is 5.02 Å². The largest absolute Gasteiger partial charge is 0.478 e. The monoisotopic (exact) mass is 460 g/mol. The molecule has 0 heterocycles. The highest BCUT2D eigenvalue weighted by atomic mass is 127. The topological polar surface area (TPSA) is 78.4 Å². The Balaban J connectivity index is 2.06. The highest BCUT2D eigenvalue weighted by Gasteiger charge is 2.11. The molecule has 118 valence electrons. The van der Waals surface area contributed by atoms with Gasteiger partial charge in [0.05, 0.1) is 10.6 Å². The van der Waals surface area contributed by atoms with E-state index < -0.39 is 5.97 Å². The molecule has 2 aromatic rings. The quantitative estimate of drug-likeness (QED) is 0.480. The van der Waals surface area contributed by atoms with Gasteiger partial charge in [-0.2, -0.15) is 0 Å². The minimum absolute atomic E-state index is 0.0524. The molecule has 0 saturated carbocycles. The van der Waals surface area contributed by atoms with Crippen molar-refractivity contribution < 1.29 is 14.7 Å². The molecule has 23 heavy (non-hydrogen) atoms. The summed E-state index contributed by atoms with van der Waals surface area (Å²) in [4.78, 5) is 23.1. The van der Waals surface area contributed by atoms with Crippen LogP contribution in [0.3, 0.4) is 0 Å². The van der Waals surface area contributed by atoms with Crippen molar-refractivity contribution in [3.8, 4) is 0 Å². The molecule has 2 aromatic carbocycles. The molecule has 1 amide bonds. The summed E-state index contributed by atoms with van der Waals surface area (Å²) in [5, 5.41) is 14.5. The molecular weight excluding hydrogens is 451 g/mol. The second-order valence-corrected chi connectivity index (χ2v) is 6.48. The number of nitrogens with one attached hydrogen (secondary N) is 2. The van der Waals surface area contributed by atoms with Crippen molar-refractivity contribution in [1.82, 2.24) is 5.32 Å². The number of benzene rings is 2. The lowest BCUT2D eigenvalue weighted by atomic mass is 10.2. The van der Waals surface area contributed by atoms with E-state index in [0.29, 0.717) is 11.3 Å². The Morgan fingerprint density at radius 3 is 2.57 bits per heavy atom. The zero-order chi connectivity index (χ0) is 17.0. The summed E-state index contributed by atoms with van der Waals surface area (Å²) in [6, 6.07) is 11.4. The first kappa shape index (κ1) is 17.6. The number of aromatic carboxylic acids is 1. The molecule has 0 saturated heterocycles. The van der Waals surface area contributed by atoms with Gasteiger partial charge in [-0.25, -0.2) is 4.79 Å². The van der Waals surface area contributed by atoms with Gasteiger partial charge in [0.15, 0.2) is 5.11 Å². The number of carbonyl (C=O) groups is 2. The highest BCUT2D eigenvalue weighted by Crippen LogP contribution is 2.20. The van der Waals surface area contributed by atoms with Crippen LogP contribution < -0.4 is 10.6 Å². The van der Waals surface area contributed by atoms with E-state index in [2.05, 4.69) is 33.2 Å². The first-order valence-electron chi connectivity index (χ1n) is 6.27. The maximum Gasteiger partial charge on any atom is 0.337 e. The predicted molar refractivity (Wildman–Crippen MR) is 101 cm³/mol. The first-order valence-corrected chi connectivity index (χ1v) is 8.14. The Morgan fingerprint density at radius 1 is 1.17 bits per heavy atom. The van der Waals surface area contributed by atoms with Gasteiger partial charge < -0.3 is 10.4 Å². The van der Waals surface area contributed by atoms with Crippen LogP contribution >= 0.6 is 46.4 Å². The van der Waals surface area contributed by atoms with E-state index >= 15 is 0 Å². The van der Waals surface area contributed by atoms with Gasteiger partial charge >= 0.3 is 5.97 Å². The van der Waals surface area contributed by atoms with E-state index in [1.807, 2.05) is 6.07 Å². The number of amides is 1. The van der Waals surface area contributed by atoms with Gasteiger partial charge in [-0.05, 0) is 71.2 Å². The summed E-state index contributed by atoms with van der Waals surface area (Å²) in [7, 11) is 0. The van der Waals surface area contributed by atoms with Gasteiger partial charge in [-0.1, -0.05) is 17.7 Å². The fraction of sp³-hybridized carbons (Fsp3) is 0. The number of carboxylic acid groups (broad SMARTS) is 1. The highest BCUT2D eigenvalue weighted by molar-refractivity contribution is 14.1. The third-order valence-corrected chi connectivity index (χ3v) is 3.97. The Bertz CT molecular complexity index is 798. The molecular formula is C15H10ClIN2O3S. The summed E-state index contributed by atoms with van der Waals surface area (Å²) >= 11 is 13.0. The van der Waals surface area contributed by atoms with E-state index in [1.165, 1.54) is 12.1 Å². The zero-order valence-electron chi connectivity index (χ0n) is 11.5. The molecule has 0 aliphatic carbocycles.